The van der Waals surface area contributed by atoms with Crippen molar-refractivity contribution in [2.24, 2.45) is 5.41 Å². The van der Waals surface area contributed by atoms with Crippen LogP contribution in [0.15, 0.2) is 35.9 Å². The van der Waals surface area contributed by atoms with Gasteiger partial charge in [0.1, 0.15) is 5.75 Å². The molecule has 0 saturated carbocycles. The summed E-state index contributed by atoms with van der Waals surface area (Å²) in [6.45, 7) is 6.24. The first kappa shape index (κ1) is 16.7. The molecule has 1 aromatic carbocycles. The summed E-state index contributed by atoms with van der Waals surface area (Å²) in [6.07, 6.45) is 4.61. The van der Waals surface area contributed by atoms with Gasteiger partial charge in [0.2, 0.25) is 0 Å². The molecule has 0 atom stereocenters. The predicted octanol–water partition coefficient (Wildman–Crippen LogP) is 3.09. The molecule has 0 unspecified atom stereocenters. The van der Waals surface area contributed by atoms with Crippen molar-refractivity contribution in [3.05, 3.63) is 35.9 Å². The Bertz CT molecular complexity index is 653. The fourth-order valence-corrected chi connectivity index (χ4v) is 3.08. The Labute approximate surface area is 142 Å². The first-order chi connectivity index (χ1) is 11.5. The summed E-state index contributed by atoms with van der Waals surface area (Å²) in [7, 11) is 0. The Morgan fingerprint density at radius 1 is 1.21 bits per heavy atom. The zero-order valence-corrected chi connectivity index (χ0v) is 14.2. The molecule has 3 rings (SSSR count). The van der Waals surface area contributed by atoms with Crippen molar-refractivity contribution in [3.63, 3.8) is 0 Å². The Balaban J connectivity index is 1.50. The van der Waals surface area contributed by atoms with Crippen LogP contribution in [0.4, 0.5) is 5.69 Å². The van der Waals surface area contributed by atoms with Crippen LogP contribution in [-0.2, 0) is 14.3 Å². The van der Waals surface area contributed by atoms with Crippen molar-refractivity contribution in [2.45, 2.75) is 33.1 Å². The first-order valence-electron chi connectivity index (χ1n) is 8.42. The van der Waals surface area contributed by atoms with Gasteiger partial charge < -0.3 is 9.47 Å². The molecule has 24 heavy (non-hydrogen) atoms. The van der Waals surface area contributed by atoms with Crippen molar-refractivity contribution in [2.75, 3.05) is 24.7 Å². The van der Waals surface area contributed by atoms with Crippen LogP contribution in [0.25, 0.3) is 0 Å². The second kappa shape index (κ2) is 6.77. The van der Waals surface area contributed by atoms with E-state index in [4.69, 9.17) is 9.47 Å². The fourth-order valence-electron chi connectivity index (χ4n) is 3.08. The van der Waals surface area contributed by atoms with Gasteiger partial charge in [-0.15, -0.1) is 0 Å². The largest absolute Gasteiger partial charge is 0.494 e. The number of ether oxygens (including phenoxy) is 2. The minimum absolute atomic E-state index is 0.263. The van der Waals surface area contributed by atoms with Crippen molar-refractivity contribution in [1.29, 1.82) is 0 Å². The lowest BCUT2D eigenvalue weighted by atomic mass is 9.79. The minimum Gasteiger partial charge on any atom is -0.494 e. The maximum Gasteiger partial charge on any atom is 0.261 e. The Hall–Kier alpha value is -2.14. The highest BCUT2D eigenvalue weighted by molar-refractivity contribution is 6.30. The Morgan fingerprint density at radius 3 is 2.42 bits per heavy atom. The Morgan fingerprint density at radius 2 is 1.92 bits per heavy atom. The smallest absolute Gasteiger partial charge is 0.261 e. The first-order valence-corrected chi connectivity index (χ1v) is 8.42. The van der Waals surface area contributed by atoms with E-state index in [1.54, 1.807) is 31.2 Å². The molecule has 1 aromatic rings. The molecule has 1 saturated heterocycles. The standard InChI is InChI=1S/C19H23NO4/c1-3-19(12-23-13-19)9-4-10-24-16-7-5-15(6-8-16)20-17(21)11-14(2)18(20)22/h5-8,11H,3-4,9-10,12-13H2,1-2H3. The summed E-state index contributed by atoms with van der Waals surface area (Å²) in [5.41, 5.74) is 1.39. The van der Waals surface area contributed by atoms with Gasteiger partial charge in [-0.05, 0) is 50.5 Å². The number of rotatable bonds is 7. The van der Waals surface area contributed by atoms with Gasteiger partial charge >= 0.3 is 0 Å². The molecule has 0 bridgehead atoms. The molecule has 0 aliphatic carbocycles. The van der Waals surface area contributed by atoms with Gasteiger partial charge in [-0.3, -0.25) is 9.59 Å². The molecule has 0 radical (unpaired) electrons. The van der Waals surface area contributed by atoms with Gasteiger partial charge in [0.05, 0.1) is 25.5 Å². The lowest BCUT2D eigenvalue weighted by Crippen LogP contribution is -2.42. The van der Waals surface area contributed by atoms with Crippen LogP contribution in [0.3, 0.4) is 0 Å². The predicted molar refractivity (Wildman–Crippen MR) is 91.0 cm³/mol. The third kappa shape index (κ3) is 3.22. The summed E-state index contributed by atoms with van der Waals surface area (Å²) in [5.74, 6) is 0.193. The summed E-state index contributed by atoms with van der Waals surface area (Å²) >= 11 is 0. The van der Waals surface area contributed by atoms with E-state index >= 15 is 0 Å². The van der Waals surface area contributed by atoms with Crippen LogP contribution in [0, 0.1) is 5.41 Å². The van der Waals surface area contributed by atoms with Crippen molar-refractivity contribution >= 4 is 17.5 Å². The van der Waals surface area contributed by atoms with E-state index in [1.807, 2.05) is 0 Å². The minimum atomic E-state index is -0.293. The zero-order chi connectivity index (χ0) is 17.2. The van der Waals surface area contributed by atoms with E-state index in [9.17, 15) is 9.59 Å². The highest BCUT2D eigenvalue weighted by Crippen LogP contribution is 2.36. The SMILES string of the molecule is CCC1(CCCOc2ccc(N3C(=O)C=C(C)C3=O)cc2)COC1. The molecule has 0 N–H and O–H groups in total. The highest BCUT2D eigenvalue weighted by atomic mass is 16.5. The molecule has 2 heterocycles. The molecule has 5 nitrogen and oxygen atoms in total. The second-order valence-electron chi connectivity index (χ2n) is 6.60. The normalized spacial score (nSPS) is 19.2. The van der Waals surface area contributed by atoms with Crippen LogP contribution in [-0.4, -0.2) is 31.6 Å². The average Bonchev–Trinajstić information content (AvgIpc) is 2.79. The maximum absolute atomic E-state index is 12.0. The molecule has 128 valence electrons. The molecule has 1 fully saturated rings. The van der Waals surface area contributed by atoms with E-state index in [1.165, 1.54) is 11.0 Å². The number of benzene rings is 1. The van der Waals surface area contributed by atoms with Gasteiger partial charge in [-0.2, -0.15) is 0 Å². The molecule has 2 amide bonds. The number of anilines is 1. The number of nitrogens with zero attached hydrogens (tertiary/aromatic N) is 1. The zero-order valence-electron chi connectivity index (χ0n) is 14.2. The van der Waals surface area contributed by atoms with E-state index in [0.29, 0.717) is 23.3 Å². The van der Waals surface area contributed by atoms with Crippen LogP contribution in [0.5, 0.6) is 5.75 Å². The Kier molecular flexibility index (Phi) is 4.71. The third-order valence-electron chi connectivity index (χ3n) is 4.88. The molecule has 5 heteroatoms. The van der Waals surface area contributed by atoms with Crippen LogP contribution in [0.1, 0.15) is 33.1 Å². The molecule has 0 spiro atoms. The average molecular weight is 329 g/mol. The lowest BCUT2D eigenvalue weighted by Gasteiger charge is -2.41. The number of carbonyl (C=O) groups is 2. The summed E-state index contributed by atoms with van der Waals surface area (Å²) < 4.78 is 11.1. The summed E-state index contributed by atoms with van der Waals surface area (Å²) in [6, 6.07) is 7.08. The number of hydrogen-bond acceptors (Lipinski definition) is 4. The van der Waals surface area contributed by atoms with E-state index < -0.39 is 0 Å². The monoisotopic (exact) mass is 329 g/mol. The quantitative estimate of drug-likeness (QED) is 0.570. The van der Waals surface area contributed by atoms with Crippen LogP contribution < -0.4 is 9.64 Å². The van der Waals surface area contributed by atoms with Crippen LogP contribution in [0.2, 0.25) is 0 Å². The topological polar surface area (TPSA) is 55.8 Å². The summed E-state index contributed by atoms with van der Waals surface area (Å²) in [4.78, 5) is 25.0. The van der Waals surface area contributed by atoms with Crippen molar-refractivity contribution < 1.29 is 19.1 Å². The number of carbonyl (C=O) groups excluding carboxylic acids is 2. The second-order valence-corrected chi connectivity index (χ2v) is 6.60. The maximum atomic E-state index is 12.0. The van der Waals surface area contributed by atoms with Crippen molar-refractivity contribution in [3.8, 4) is 5.75 Å². The number of amides is 2. The van der Waals surface area contributed by atoms with Gasteiger partial charge in [0.25, 0.3) is 11.8 Å². The van der Waals surface area contributed by atoms with E-state index in [-0.39, 0.29) is 11.8 Å². The third-order valence-corrected chi connectivity index (χ3v) is 4.88. The molecular weight excluding hydrogens is 306 g/mol. The molecular formula is C19H23NO4. The van der Waals surface area contributed by atoms with Crippen LogP contribution >= 0.6 is 0 Å². The number of imide groups is 1. The van der Waals surface area contributed by atoms with Gasteiger partial charge in [0, 0.05) is 17.1 Å². The van der Waals surface area contributed by atoms with E-state index in [0.717, 1.165) is 38.2 Å². The number of hydrogen-bond donors (Lipinski definition) is 0. The van der Waals surface area contributed by atoms with Gasteiger partial charge in [0.15, 0.2) is 0 Å². The van der Waals surface area contributed by atoms with E-state index in [2.05, 4.69) is 6.92 Å². The summed E-state index contributed by atoms with van der Waals surface area (Å²) in [5, 5.41) is 0. The molecule has 2 aliphatic rings. The molecule has 0 aromatic heterocycles. The highest BCUT2D eigenvalue weighted by Gasteiger charge is 2.35. The molecule has 2 aliphatic heterocycles. The fraction of sp³-hybridized carbons (Fsp3) is 0.474. The van der Waals surface area contributed by atoms with Gasteiger partial charge in [-0.25, -0.2) is 4.90 Å². The van der Waals surface area contributed by atoms with Gasteiger partial charge in [-0.1, -0.05) is 6.92 Å². The lowest BCUT2D eigenvalue weighted by molar-refractivity contribution is -0.121. The van der Waals surface area contributed by atoms with Crippen molar-refractivity contribution in [1.82, 2.24) is 0 Å².